The van der Waals surface area contributed by atoms with Gasteiger partial charge in [-0.05, 0) is 112 Å². The molecule has 10 aromatic rings. The maximum atomic E-state index is 4.68. The molecule has 0 fully saturated rings. The molecule has 2 aromatic heterocycles. The van der Waals surface area contributed by atoms with E-state index in [1.165, 1.54) is 76.5 Å². The largest absolute Gasteiger partial charge is 0.264 e. The highest BCUT2D eigenvalue weighted by molar-refractivity contribution is 6.23. The number of pyridine rings is 2. The molecule has 0 radical (unpaired) electrons. The average Bonchev–Trinajstić information content (AvgIpc) is 3.19. The maximum Gasteiger partial charge on any atom is 0.0353 e. The molecule has 2 nitrogen and oxygen atoms in total. The third-order valence-corrected chi connectivity index (χ3v) is 10.2. The van der Waals surface area contributed by atoms with Gasteiger partial charge in [0.15, 0.2) is 0 Å². The number of aromatic nitrogens is 2. The van der Waals surface area contributed by atoms with Crippen LogP contribution in [0.25, 0.3) is 98.4 Å². The number of benzene rings is 8. The fourth-order valence-corrected chi connectivity index (χ4v) is 8.07. The molecule has 2 heterocycles. The smallest absolute Gasteiger partial charge is 0.0353 e. The van der Waals surface area contributed by atoms with Crippen LogP contribution in [0.15, 0.2) is 183 Å². The van der Waals surface area contributed by atoms with E-state index in [1.54, 1.807) is 0 Å². The van der Waals surface area contributed by atoms with Gasteiger partial charge in [0.25, 0.3) is 0 Å². The minimum absolute atomic E-state index is 1.14. The van der Waals surface area contributed by atoms with Crippen molar-refractivity contribution >= 4 is 53.9 Å². The molecule has 0 saturated heterocycles. The lowest BCUT2D eigenvalue weighted by atomic mass is 9.84. The molecule has 0 spiro atoms. The van der Waals surface area contributed by atoms with E-state index >= 15 is 0 Å². The molecule has 0 saturated carbocycles. The average molecular weight is 635 g/mol. The van der Waals surface area contributed by atoms with Crippen molar-refractivity contribution < 1.29 is 0 Å². The van der Waals surface area contributed by atoms with Crippen LogP contribution in [0, 0.1) is 0 Å². The number of fused-ring (bicyclic) bond motifs is 5. The molecule has 232 valence electrons. The first-order chi connectivity index (χ1) is 24.8. The normalized spacial score (nSPS) is 11.6. The van der Waals surface area contributed by atoms with Crippen LogP contribution in [0.2, 0.25) is 0 Å². The van der Waals surface area contributed by atoms with Crippen LogP contribution >= 0.6 is 0 Å². The second kappa shape index (κ2) is 11.5. The Morgan fingerprint density at radius 1 is 0.260 bits per heavy atom. The van der Waals surface area contributed by atoms with E-state index in [9.17, 15) is 0 Å². The highest BCUT2D eigenvalue weighted by Crippen LogP contribution is 2.47. The highest BCUT2D eigenvalue weighted by Gasteiger charge is 2.20. The zero-order chi connectivity index (χ0) is 33.0. The van der Waals surface area contributed by atoms with Gasteiger partial charge in [-0.25, -0.2) is 0 Å². The van der Waals surface area contributed by atoms with E-state index in [4.69, 9.17) is 0 Å². The molecule has 0 aliphatic rings. The van der Waals surface area contributed by atoms with E-state index in [0.29, 0.717) is 0 Å². The van der Waals surface area contributed by atoms with Gasteiger partial charge in [-0.3, -0.25) is 9.97 Å². The third-order valence-electron chi connectivity index (χ3n) is 10.2. The van der Waals surface area contributed by atoms with Crippen LogP contribution in [-0.2, 0) is 0 Å². The Balaban J connectivity index is 1.25. The second-order valence-corrected chi connectivity index (χ2v) is 12.9. The highest BCUT2D eigenvalue weighted by atomic mass is 14.6. The van der Waals surface area contributed by atoms with Crippen molar-refractivity contribution in [3.63, 3.8) is 0 Å². The Labute approximate surface area is 290 Å². The Kier molecular flexibility index (Phi) is 6.53. The molecule has 0 unspecified atom stereocenters. The van der Waals surface area contributed by atoms with E-state index in [1.807, 2.05) is 24.8 Å². The van der Waals surface area contributed by atoms with E-state index in [-0.39, 0.29) is 0 Å². The number of hydrogen-bond donors (Lipinski definition) is 0. The zero-order valence-corrected chi connectivity index (χ0v) is 27.2. The second-order valence-electron chi connectivity index (χ2n) is 12.9. The fraction of sp³-hybridized carbons (Fsp3) is 0. The molecule has 0 bridgehead atoms. The minimum Gasteiger partial charge on any atom is -0.264 e. The summed E-state index contributed by atoms with van der Waals surface area (Å²) in [4.78, 5) is 9.34. The van der Waals surface area contributed by atoms with E-state index < -0.39 is 0 Å². The first-order valence-electron chi connectivity index (χ1n) is 17.1. The van der Waals surface area contributed by atoms with Crippen LogP contribution in [0.4, 0.5) is 0 Å². The molecule has 0 atom stereocenters. The minimum atomic E-state index is 1.14. The molecule has 2 heteroatoms. The third kappa shape index (κ3) is 4.43. The predicted molar refractivity (Wildman–Crippen MR) is 211 cm³/mol. The lowest BCUT2D eigenvalue weighted by Gasteiger charge is -2.19. The molecule has 0 aliphatic carbocycles. The summed E-state index contributed by atoms with van der Waals surface area (Å²) in [5.74, 6) is 0. The summed E-state index contributed by atoms with van der Waals surface area (Å²) in [6.45, 7) is 0. The van der Waals surface area contributed by atoms with Gasteiger partial charge in [-0.2, -0.15) is 0 Å². The Bertz CT molecular complexity index is 2810. The van der Waals surface area contributed by atoms with Crippen molar-refractivity contribution in [2.24, 2.45) is 0 Å². The van der Waals surface area contributed by atoms with Crippen LogP contribution in [0.5, 0.6) is 0 Å². The molecule has 0 amide bonds. The molecular weight excluding hydrogens is 605 g/mol. The van der Waals surface area contributed by atoms with Gasteiger partial charge in [-0.15, -0.1) is 0 Å². The summed E-state index contributed by atoms with van der Waals surface area (Å²) in [7, 11) is 0. The summed E-state index contributed by atoms with van der Waals surface area (Å²) in [6.07, 6.45) is 7.90. The van der Waals surface area contributed by atoms with E-state index in [0.717, 1.165) is 21.9 Å². The van der Waals surface area contributed by atoms with Crippen molar-refractivity contribution in [2.75, 3.05) is 0 Å². The first kappa shape index (κ1) is 28.4. The van der Waals surface area contributed by atoms with Crippen LogP contribution < -0.4 is 0 Å². The molecule has 8 aromatic carbocycles. The Hall–Kier alpha value is -6.64. The van der Waals surface area contributed by atoms with E-state index in [2.05, 4.69) is 168 Å². The van der Waals surface area contributed by atoms with Gasteiger partial charge in [0.1, 0.15) is 0 Å². The topological polar surface area (TPSA) is 25.8 Å². The molecule has 0 N–H and O–H groups in total. The molecule has 10 rings (SSSR count). The number of rotatable bonds is 4. The van der Waals surface area contributed by atoms with Gasteiger partial charge in [-0.1, -0.05) is 133 Å². The lowest BCUT2D eigenvalue weighted by Crippen LogP contribution is -1.93. The summed E-state index contributed by atoms with van der Waals surface area (Å²) in [5, 5.41) is 12.1. The predicted octanol–water partition coefficient (Wildman–Crippen LogP) is 12.9. The lowest BCUT2D eigenvalue weighted by molar-refractivity contribution is 1.36. The number of hydrogen-bond acceptors (Lipinski definition) is 2. The monoisotopic (exact) mass is 634 g/mol. The summed E-state index contributed by atoms with van der Waals surface area (Å²) in [5.41, 5.74) is 9.62. The Morgan fingerprint density at radius 2 is 0.680 bits per heavy atom. The summed E-state index contributed by atoms with van der Waals surface area (Å²) < 4.78 is 0. The van der Waals surface area contributed by atoms with Crippen LogP contribution in [-0.4, -0.2) is 9.97 Å². The maximum absolute atomic E-state index is 4.68. The van der Waals surface area contributed by atoms with Gasteiger partial charge in [0.05, 0.1) is 0 Å². The van der Waals surface area contributed by atoms with Crippen molar-refractivity contribution in [3.05, 3.63) is 183 Å². The molecule has 0 aliphatic heterocycles. The van der Waals surface area contributed by atoms with Crippen LogP contribution in [0.3, 0.4) is 0 Å². The molecular formula is C48H30N2. The van der Waals surface area contributed by atoms with Gasteiger partial charge in [0.2, 0.25) is 0 Å². The van der Waals surface area contributed by atoms with Crippen molar-refractivity contribution in [2.45, 2.75) is 0 Å². The first-order valence-corrected chi connectivity index (χ1v) is 17.1. The Morgan fingerprint density at radius 3 is 1.26 bits per heavy atom. The number of nitrogens with zero attached hydrogens (tertiary/aromatic N) is 2. The standard InChI is InChI=1S/C48H30N2/c1-2-12-32(13-3-1)45-37-17-6-8-19-39(37)47(43-29-49-25-23-41(43)45)34-15-10-16-35(28-34)48-40-20-9-7-18-38(40)46(42-24-26-50-30-44(42)48)36-22-21-31-11-4-5-14-33(31)27-36/h1-30H. The summed E-state index contributed by atoms with van der Waals surface area (Å²) >= 11 is 0. The quantitative estimate of drug-likeness (QED) is 0.180. The zero-order valence-electron chi connectivity index (χ0n) is 27.2. The van der Waals surface area contributed by atoms with Gasteiger partial charge in [0, 0.05) is 35.6 Å². The fourth-order valence-electron chi connectivity index (χ4n) is 8.07. The van der Waals surface area contributed by atoms with Gasteiger partial charge < -0.3 is 0 Å². The summed E-state index contributed by atoms with van der Waals surface area (Å²) in [6, 6.07) is 57.1. The van der Waals surface area contributed by atoms with Gasteiger partial charge >= 0.3 is 0 Å². The SMILES string of the molecule is c1ccc(-c2c3ccccc3c(-c3cccc(-c4c5ccccc5c(-c5ccc6ccccc6c5)c5ccncc45)c3)c3cnccc23)cc1. The van der Waals surface area contributed by atoms with Crippen LogP contribution in [0.1, 0.15) is 0 Å². The van der Waals surface area contributed by atoms with Crippen molar-refractivity contribution in [3.8, 4) is 44.5 Å². The van der Waals surface area contributed by atoms with Crippen molar-refractivity contribution in [1.29, 1.82) is 0 Å². The van der Waals surface area contributed by atoms with Crippen molar-refractivity contribution in [1.82, 2.24) is 9.97 Å². The molecule has 50 heavy (non-hydrogen) atoms.